The summed E-state index contributed by atoms with van der Waals surface area (Å²) >= 11 is 0. The molecule has 0 radical (unpaired) electrons. The van der Waals surface area contributed by atoms with Gasteiger partial charge in [-0.15, -0.1) is 5.10 Å². The van der Waals surface area contributed by atoms with Crippen molar-refractivity contribution in [2.45, 2.75) is 50.2 Å². The lowest BCUT2D eigenvalue weighted by atomic mass is 9.99. The molecule has 2 heterocycles. The first kappa shape index (κ1) is 21.5. The van der Waals surface area contributed by atoms with E-state index >= 15 is 0 Å². The highest BCUT2D eigenvalue weighted by Crippen LogP contribution is 2.31. The molecule has 0 saturated carbocycles. The number of aromatic nitrogens is 2. The standard InChI is InChI=1S/C18H21F3N2O6/c1-8-11(6-9-2-4-10(5-3-9)18(19,20)21)16(23-22-8)29-17-15(27)14(26)13(25)12(7-24)28-17/h2-5,12-15,17,24-27H,6-7H2,1H3,(H,22,23)/t12-,13-,14+,15-,17-/m0/s1. The van der Waals surface area contributed by atoms with Gasteiger partial charge in [-0.2, -0.15) is 13.2 Å². The van der Waals surface area contributed by atoms with Gasteiger partial charge in [-0.3, -0.25) is 5.10 Å². The van der Waals surface area contributed by atoms with Gasteiger partial charge in [-0.1, -0.05) is 12.1 Å². The number of benzene rings is 1. The Morgan fingerprint density at radius 2 is 1.76 bits per heavy atom. The van der Waals surface area contributed by atoms with E-state index in [-0.39, 0.29) is 12.3 Å². The maximum Gasteiger partial charge on any atom is 0.416 e. The number of hydrogen-bond acceptors (Lipinski definition) is 7. The summed E-state index contributed by atoms with van der Waals surface area (Å²) in [6.45, 7) is 1.08. The van der Waals surface area contributed by atoms with Crippen molar-refractivity contribution in [1.82, 2.24) is 10.2 Å². The van der Waals surface area contributed by atoms with Crippen molar-refractivity contribution in [1.29, 1.82) is 0 Å². The van der Waals surface area contributed by atoms with Crippen molar-refractivity contribution in [2.75, 3.05) is 6.61 Å². The number of alkyl halides is 3. The molecule has 1 aromatic heterocycles. The third kappa shape index (κ3) is 4.54. The summed E-state index contributed by atoms with van der Waals surface area (Å²) in [5, 5.41) is 45.7. The van der Waals surface area contributed by atoms with Crippen LogP contribution in [0.1, 0.15) is 22.4 Å². The molecule has 1 fully saturated rings. The van der Waals surface area contributed by atoms with Crippen molar-refractivity contribution in [2.24, 2.45) is 0 Å². The molecule has 3 rings (SSSR count). The number of nitrogens with zero attached hydrogens (tertiary/aromatic N) is 1. The third-order valence-corrected chi connectivity index (χ3v) is 4.77. The zero-order valence-electron chi connectivity index (χ0n) is 15.3. The van der Waals surface area contributed by atoms with Gasteiger partial charge in [0, 0.05) is 17.7 Å². The van der Waals surface area contributed by atoms with Crippen LogP contribution in [0.5, 0.6) is 5.88 Å². The lowest BCUT2D eigenvalue weighted by molar-refractivity contribution is -0.278. The molecule has 1 aromatic carbocycles. The Morgan fingerprint density at radius 1 is 1.10 bits per heavy atom. The number of ether oxygens (including phenoxy) is 2. The first-order valence-corrected chi connectivity index (χ1v) is 8.79. The summed E-state index contributed by atoms with van der Waals surface area (Å²) in [4.78, 5) is 0. The van der Waals surface area contributed by atoms with Crippen molar-refractivity contribution in [3.05, 3.63) is 46.6 Å². The quantitative estimate of drug-likeness (QED) is 0.479. The summed E-state index contributed by atoms with van der Waals surface area (Å²) in [7, 11) is 0. The highest BCUT2D eigenvalue weighted by molar-refractivity contribution is 5.36. The molecule has 5 N–H and O–H groups in total. The summed E-state index contributed by atoms with van der Waals surface area (Å²) < 4.78 is 49.0. The van der Waals surface area contributed by atoms with Crippen LogP contribution >= 0.6 is 0 Å². The van der Waals surface area contributed by atoms with Crippen molar-refractivity contribution < 1.29 is 43.1 Å². The van der Waals surface area contributed by atoms with Crippen LogP contribution in [-0.4, -0.2) is 67.9 Å². The van der Waals surface area contributed by atoms with Gasteiger partial charge in [-0.05, 0) is 24.6 Å². The van der Waals surface area contributed by atoms with Crippen LogP contribution in [0.2, 0.25) is 0 Å². The predicted octanol–water partition coefficient (Wildman–Crippen LogP) is 0.506. The Hall–Kier alpha value is -2.18. The molecule has 1 aliphatic heterocycles. The SMILES string of the molecule is Cc1[nH]nc(O[C@@H]2O[C@@H](CO)[C@H](O)[C@@H](O)[C@@H]2O)c1Cc1ccc(C(F)(F)F)cc1. The van der Waals surface area contributed by atoms with Crippen molar-refractivity contribution in [3.63, 3.8) is 0 Å². The Balaban J connectivity index is 1.77. The van der Waals surface area contributed by atoms with E-state index in [1.807, 2.05) is 0 Å². The van der Waals surface area contributed by atoms with Gasteiger partial charge in [-0.25, -0.2) is 0 Å². The summed E-state index contributed by atoms with van der Waals surface area (Å²) in [5.41, 5.74) is 0.912. The number of nitrogens with one attached hydrogen (secondary N) is 1. The first-order chi connectivity index (χ1) is 13.6. The Bertz CT molecular complexity index is 824. The Morgan fingerprint density at radius 3 is 2.34 bits per heavy atom. The smallest absolute Gasteiger partial charge is 0.416 e. The van der Waals surface area contributed by atoms with Crippen LogP contribution in [0.3, 0.4) is 0 Å². The van der Waals surface area contributed by atoms with Crippen molar-refractivity contribution >= 4 is 0 Å². The number of rotatable bonds is 5. The molecule has 2 aromatic rings. The molecular weight excluding hydrogens is 397 g/mol. The minimum absolute atomic E-state index is 0.0201. The highest BCUT2D eigenvalue weighted by atomic mass is 19.4. The molecule has 0 unspecified atom stereocenters. The fourth-order valence-corrected chi connectivity index (χ4v) is 3.03. The second-order valence-electron chi connectivity index (χ2n) is 6.82. The molecule has 1 saturated heterocycles. The van der Waals surface area contributed by atoms with Crippen LogP contribution in [0.15, 0.2) is 24.3 Å². The topological polar surface area (TPSA) is 128 Å². The zero-order valence-corrected chi connectivity index (χ0v) is 15.3. The van der Waals surface area contributed by atoms with E-state index < -0.39 is 49.1 Å². The second-order valence-corrected chi connectivity index (χ2v) is 6.82. The molecule has 160 valence electrons. The number of H-pyrrole nitrogens is 1. The van der Waals surface area contributed by atoms with Gasteiger partial charge in [0.1, 0.15) is 24.4 Å². The summed E-state index contributed by atoms with van der Waals surface area (Å²) in [6.07, 6.45) is -11.5. The number of aryl methyl sites for hydroxylation is 1. The van der Waals surface area contributed by atoms with E-state index in [2.05, 4.69) is 10.2 Å². The molecule has 0 spiro atoms. The molecule has 11 heteroatoms. The molecule has 0 amide bonds. The summed E-state index contributed by atoms with van der Waals surface area (Å²) in [6, 6.07) is 4.63. The highest BCUT2D eigenvalue weighted by Gasteiger charge is 2.45. The van der Waals surface area contributed by atoms with Gasteiger partial charge >= 0.3 is 6.18 Å². The number of aliphatic hydroxyl groups excluding tert-OH is 4. The first-order valence-electron chi connectivity index (χ1n) is 8.79. The van der Waals surface area contributed by atoms with Crippen LogP contribution in [0, 0.1) is 6.92 Å². The Kier molecular flexibility index (Phi) is 6.15. The molecule has 0 bridgehead atoms. The van der Waals surface area contributed by atoms with E-state index in [4.69, 9.17) is 9.47 Å². The monoisotopic (exact) mass is 418 g/mol. The van der Waals surface area contributed by atoms with Gasteiger partial charge in [0.25, 0.3) is 0 Å². The Labute approximate surface area is 163 Å². The lowest BCUT2D eigenvalue weighted by Crippen LogP contribution is -2.60. The molecule has 29 heavy (non-hydrogen) atoms. The van der Waals surface area contributed by atoms with Crippen LogP contribution in [-0.2, 0) is 17.3 Å². The average Bonchev–Trinajstić information content (AvgIpc) is 3.01. The van der Waals surface area contributed by atoms with Gasteiger partial charge in [0.2, 0.25) is 12.2 Å². The molecule has 8 nitrogen and oxygen atoms in total. The van der Waals surface area contributed by atoms with E-state index in [9.17, 15) is 33.6 Å². The second kappa shape index (κ2) is 8.28. The van der Waals surface area contributed by atoms with Crippen molar-refractivity contribution in [3.8, 4) is 5.88 Å². The number of aromatic amines is 1. The van der Waals surface area contributed by atoms with Gasteiger partial charge < -0.3 is 29.9 Å². The normalized spacial score (nSPS) is 27.8. The lowest BCUT2D eigenvalue weighted by Gasteiger charge is -2.39. The fourth-order valence-electron chi connectivity index (χ4n) is 3.03. The fraction of sp³-hybridized carbons (Fsp3) is 0.500. The van der Waals surface area contributed by atoms with Crippen LogP contribution in [0.25, 0.3) is 0 Å². The van der Waals surface area contributed by atoms with E-state index in [1.54, 1.807) is 6.92 Å². The van der Waals surface area contributed by atoms with Crippen LogP contribution < -0.4 is 4.74 Å². The molecule has 1 aliphatic rings. The number of hydrogen-bond donors (Lipinski definition) is 5. The number of aliphatic hydroxyl groups is 4. The van der Waals surface area contributed by atoms with E-state index in [1.165, 1.54) is 12.1 Å². The molecular formula is C18H21F3N2O6. The van der Waals surface area contributed by atoms with Crippen LogP contribution in [0.4, 0.5) is 13.2 Å². The minimum atomic E-state index is -4.43. The predicted molar refractivity (Wildman–Crippen MR) is 92.0 cm³/mol. The summed E-state index contributed by atoms with van der Waals surface area (Å²) in [5.74, 6) is 0.0201. The number of halogens is 3. The van der Waals surface area contributed by atoms with E-state index in [0.29, 0.717) is 16.8 Å². The maximum atomic E-state index is 12.7. The zero-order chi connectivity index (χ0) is 21.3. The largest absolute Gasteiger partial charge is 0.443 e. The van der Waals surface area contributed by atoms with Gasteiger partial charge in [0.05, 0.1) is 12.2 Å². The van der Waals surface area contributed by atoms with E-state index in [0.717, 1.165) is 12.1 Å². The minimum Gasteiger partial charge on any atom is -0.443 e. The average molecular weight is 418 g/mol. The molecule has 0 aliphatic carbocycles. The maximum absolute atomic E-state index is 12.7. The van der Waals surface area contributed by atoms with Gasteiger partial charge in [0.15, 0.2) is 0 Å². The third-order valence-electron chi connectivity index (χ3n) is 4.77. The molecule has 5 atom stereocenters.